The summed E-state index contributed by atoms with van der Waals surface area (Å²) in [6.45, 7) is 1.64. The van der Waals surface area contributed by atoms with Crippen LogP contribution < -0.4 is 0 Å². The molecule has 13 heavy (non-hydrogen) atoms. The maximum Gasteiger partial charge on any atom is 0.416 e. The molecule has 0 unspecified atom stereocenters. The summed E-state index contributed by atoms with van der Waals surface area (Å²) in [6.07, 6.45) is -4.27. The van der Waals surface area contributed by atoms with Crippen LogP contribution in [0.15, 0.2) is 18.2 Å². The van der Waals surface area contributed by atoms with Gasteiger partial charge in [0.2, 0.25) is 0 Å². The van der Waals surface area contributed by atoms with Crippen LogP contribution in [-0.4, -0.2) is 0 Å². The molecule has 0 spiro atoms. The molecule has 0 saturated heterocycles. The summed E-state index contributed by atoms with van der Waals surface area (Å²) in [4.78, 5) is 0. The number of alkyl halides is 3. The quantitative estimate of drug-likeness (QED) is 0.668. The van der Waals surface area contributed by atoms with Gasteiger partial charge in [-0.1, -0.05) is 17.7 Å². The van der Waals surface area contributed by atoms with Crippen molar-refractivity contribution in [1.82, 2.24) is 0 Å². The summed E-state index contributed by atoms with van der Waals surface area (Å²) in [5, 5.41) is 0. The molecule has 1 rings (SSSR count). The third-order valence-corrected chi connectivity index (χ3v) is 2.08. The summed E-state index contributed by atoms with van der Waals surface area (Å²) >= 11 is 3.85. The van der Waals surface area contributed by atoms with Crippen LogP contribution >= 0.6 is 12.6 Å². The van der Waals surface area contributed by atoms with E-state index in [0.29, 0.717) is 5.56 Å². The third-order valence-electron chi connectivity index (χ3n) is 1.74. The van der Waals surface area contributed by atoms with Crippen molar-refractivity contribution in [3.63, 3.8) is 0 Å². The number of halogens is 3. The molecule has 0 aliphatic carbocycles. The summed E-state index contributed by atoms with van der Waals surface area (Å²) < 4.78 is 37.1. The summed E-state index contributed by atoms with van der Waals surface area (Å²) in [7, 11) is 0. The lowest BCUT2D eigenvalue weighted by atomic mass is 10.1. The van der Waals surface area contributed by atoms with Crippen molar-refractivity contribution < 1.29 is 13.2 Å². The Labute approximate surface area is 80.2 Å². The van der Waals surface area contributed by atoms with Gasteiger partial charge in [-0.2, -0.15) is 25.8 Å². The largest absolute Gasteiger partial charge is 0.416 e. The molecule has 0 heterocycles. The van der Waals surface area contributed by atoms with Crippen LogP contribution in [0, 0.1) is 6.92 Å². The van der Waals surface area contributed by atoms with E-state index in [1.165, 1.54) is 6.07 Å². The number of hydrogen-bond donors (Lipinski definition) is 1. The minimum absolute atomic E-state index is 0.106. The molecule has 0 nitrogen and oxygen atoms in total. The molecule has 0 fully saturated rings. The van der Waals surface area contributed by atoms with Gasteiger partial charge < -0.3 is 0 Å². The third kappa shape index (κ3) is 2.40. The average Bonchev–Trinajstić information content (AvgIpc) is 2.03. The number of benzene rings is 1. The van der Waals surface area contributed by atoms with Gasteiger partial charge in [-0.05, 0) is 18.6 Å². The Bertz CT molecular complexity index is 304. The van der Waals surface area contributed by atoms with Crippen molar-refractivity contribution in [1.29, 1.82) is 0 Å². The maximum absolute atomic E-state index is 12.4. The van der Waals surface area contributed by atoms with Crippen molar-refractivity contribution >= 4 is 12.6 Å². The normalized spacial score (nSPS) is 11.8. The van der Waals surface area contributed by atoms with E-state index in [4.69, 9.17) is 0 Å². The highest BCUT2D eigenvalue weighted by Crippen LogP contribution is 2.33. The first-order valence-corrected chi connectivity index (χ1v) is 4.36. The van der Waals surface area contributed by atoms with Crippen LogP contribution in [0.4, 0.5) is 13.2 Å². The zero-order valence-electron chi connectivity index (χ0n) is 7.02. The van der Waals surface area contributed by atoms with E-state index in [9.17, 15) is 13.2 Å². The molecule has 0 atom stereocenters. The van der Waals surface area contributed by atoms with Gasteiger partial charge in [-0.25, -0.2) is 0 Å². The number of rotatable bonds is 1. The van der Waals surface area contributed by atoms with Crippen molar-refractivity contribution in [2.24, 2.45) is 0 Å². The maximum atomic E-state index is 12.4. The van der Waals surface area contributed by atoms with Crippen molar-refractivity contribution in [3.05, 3.63) is 34.9 Å². The fourth-order valence-corrected chi connectivity index (χ4v) is 1.37. The van der Waals surface area contributed by atoms with Gasteiger partial charge in [0.25, 0.3) is 0 Å². The Balaban J connectivity index is 3.24. The zero-order valence-corrected chi connectivity index (χ0v) is 7.91. The lowest BCUT2D eigenvalue weighted by molar-refractivity contribution is -0.138. The van der Waals surface area contributed by atoms with E-state index in [2.05, 4.69) is 12.6 Å². The fraction of sp³-hybridized carbons (Fsp3) is 0.333. The molecule has 0 N–H and O–H groups in total. The SMILES string of the molecule is Cc1ccc(CS)c(C(F)(F)F)c1. The molecule has 1 aromatic rings. The van der Waals surface area contributed by atoms with Crippen LogP contribution in [-0.2, 0) is 11.9 Å². The van der Waals surface area contributed by atoms with Crippen molar-refractivity contribution in [3.8, 4) is 0 Å². The van der Waals surface area contributed by atoms with Crippen LogP contribution in [0.5, 0.6) is 0 Å². The Morgan fingerprint density at radius 1 is 1.31 bits per heavy atom. The van der Waals surface area contributed by atoms with Crippen LogP contribution in [0.1, 0.15) is 16.7 Å². The van der Waals surface area contributed by atoms with Gasteiger partial charge in [0.05, 0.1) is 5.56 Å². The van der Waals surface area contributed by atoms with E-state index in [0.717, 1.165) is 6.07 Å². The lowest BCUT2D eigenvalue weighted by Gasteiger charge is -2.11. The standard InChI is InChI=1S/C9H9F3S/c1-6-2-3-7(5-13)8(4-6)9(10,11)12/h2-4,13H,5H2,1H3. The van der Waals surface area contributed by atoms with E-state index in [1.807, 2.05) is 0 Å². The highest BCUT2D eigenvalue weighted by molar-refractivity contribution is 7.79. The summed E-state index contributed by atoms with van der Waals surface area (Å²) in [6, 6.07) is 4.26. The molecule has 0 amide bonds. The van der Waals surface area contributed by atoms with Gasteiger partial charge in [-0.3, -0.25) is 0 Å². The predicted molar refractivity (Wildman–Crippen MR) is 48.9 cm³/mol. The van der Waals surface area contributed by atoms with Gasteiger partial charge >= 0.3 is 6.18 Å². The Kier molecular flexibility index (Phi) is 2.91. The van der Waals surface area contributed by atoms with Crippen molar-refractivity contribution in [2.45, 2.75) is 18.9 Å². The molecular weight excluding hydrogens is 197 g/mol. The Hall–Kier alpha value is -0.640. The van der Waals surface area contributed by atoms with Crippen LogP contribution in [0.25, 0.3) is 0 Å². The first-order valence-electron chi connectivity index (χ1n) is 3.72. The highest BCUT2D eigenvalue weighted by Gasteiger charge is 2.32. The molecule has 0 aliphatic rings. The van der Waals surface area contributed by atoms with Crippen LogP contribution in [0.3, 0.4) is 0 Å². The molecule has 4 heteroatoms. The minimum Gasteiger partial charge on any atom is -0.175 e. The Morgan fingerprint density at radius 3 is 2.38 bits per heavy atom. The molecule has 72 valence electrons. The van der Waals surface area contributed by atoms with E-state index in [1.54, 1.807) is 13.0 Å². The molecule has 0 saturated carbocycles. The Morgan fingerprint density at radius 2 is 1.92 bits per heavy atom. The van der Waals surface area contributed by atoms with Gasteiger partial charge in [0, 0.05) is 5.75 Å². The average molecular weight is 206 g/mol. The van der Waals surface area contributed by atoms with Gasteiger partial charge in [0.1, 0.15) is 0 Å². The van der Waals surface area contributed by atoms with E-state index < -0.39 is 11.7 Å². The first-order chi connectivity index (χ1) is 5.95. The summed E-state index contributed by atoms with van der Waals surface area (Å²) in [5.74, 6) is 0.106. The van der Waals surface area contributed by atoms with Crippen LogP contribution in [0.2, 0.25) is 0 Å². The smallest absolute Gasteiger partial charge is 0.175 e. The second-order valence-corrected chi connectivity index (χ2v) is 3.13. The number of hydrogen-bond acceptors (Lipinski definition) is 1. The molecule has 0 bridgehead atoms. The highest BCUT2D eigenvalue weighted by atomic mass is 32.1. The van der Waals surface area contributed by atoms with E-state index in [-0.39, 0.29) is 11.3 Å². The molecule has 0 aliphatic heterocycles. The minimum atomic E-state index is -4.27. The second-order valence-electron chi connectivity index (χ2n) is 2.82. The zero-order chi connectivity index (χ0) is 10.1. The predicted octanol–water partition coefficient (Wildman–Crippen LogP) is 3.44. The topological polar surface area (TPSA) is 0 Å². The molecular formula is C9H9F3S. The van der Waals surface area contributed by atoms with Crippen molar-refractivity contribution in [2.75, 3.05) is 0 Å². The number of aryl methyl sites for hydroxylation is 1. The molecule has 0 aromatic heterocycles. The summed E-state index contributed by atoms with van der Waals surface area (Å²) in [5.41, 5.74) is 0.252. The first kappa shape index (κ1) is 10.4. The molecule has 1 aromatic carbocycles. The van der Waals surface area contributed by atoms with E-state index >= 15 is 0 Å². The lowest BCUT2D eigenvalue weighted by Crippen LogP contribution is -2.08. The second kappa shape index (κ2) is 3.62. The monoisotopic (exact) mass is 206 g/mol. The fourth-order valence-electron chi connectivity index (χ4n) is 1.09. The molecule has 0 radical (unpaired) electrons. The van der Waals surface area contributed by atoms with Gasteiger partial charge in [-0.15, -0.1) is 0 Å². The number of thiol groups is 1. The van der Waals surface area contributed by atoms with Gasteiger partial charge in [0.15, 0.2) is 0 Å².